The average molecular weight is 380 g/mol. The molecule has 1 aliphatic rings. The van der Waals surface area contributed by atoms with Gasteiger partial charge in [0.25, 0.3) is 5.91 Å². The van der Waals surface area contributed by atoms with Crippen molar-refractivity contribution in [3.63, 3.8) is 0 Å². The van der Waals surface area contributed by atoms with Gasteiger partial charge in [-0.25, -0.2) is 8.42 Å². The summed E-state index contributed by atoms with van der Waals surface area (Å²) in [6.45, 7) is 2.09. The zero-order valence-corrected chi connectivity index (χ0v) is 15.2. The number of rotatable bonds is 4. The van der Waals surface area contributed by atoms with Crippen LogP contribution in [0.25, 0.3) is 0 Å². The fourth-order valence-electron chi connectivity index (χ4n) is 2.80. The largest absolute Gasteiger partial charge is 0.329 e. The first-order valence-corrected chi connectivity index (χ1v) is 10.3. The lowest BCUT2D eigenvalue weighted by molar-refractivity contribution is -0.910. The predicted molar refractivity (Wildman–Crippen MR) is 98.9 cm³/mol. The third kappa shape index (κ3) is 5.04. The van der Waals surface area contributed by atoms with Gasteiger partial charge in [0.05, 0.1) is 24.6 Å². The van der Waals surface area contributed by atoms with E-state index in [4.69, 9.17) is 11.6 Å². The first-order chi connectivity index (χ1) is 11.9. The highest BCUT2D eigenvalue weighted by Gasteiger charge is 2.24. The van der Waals surface area contributed by atoms with Crippen LogP contribution < -0.4 is 10.2 Å². The van der Waals surface area contributed by atoms with Crippen molar-refractivity contribution in [1.82, 2.24) is 0 Å². The van der Waals surface area contributed by atoms with Gasteiger partial charge in [-0.2, -0.15) is 0 Å². The number of benzene rings is 2. The molecule has 1 fully saturated rings. The molecule has 0 atom stereocenters. The first kappa shape index (κ1) is 17.9. The maximum absolute atomic E-state index is 12.2. The molecule has 5 nitrogen and oxygen atoms in total. The van der Waals surface area contributed by atoms with Crippen LogP contribution >= 0.6 is 11.6 Å². The monoisotopic (exact) mass is 379 g/mol. The third-order valence-corrected chi connectivity index (χ3v) is 6.21. The molecule has 0 radical (unpaired) electrons. The van der Waals surface area contributed by atoms with Crippen molar-refractivity contribution in [2.75, 3.05) is 29.9 Å². The molecule has 0 saturated carbocycles. The van der Waals surface area contributed by atoms with E-state index in [1.54, 1.807) is 24.3 Å². The summed E-state index contributed by atoms with van der Waals surface area (Å²) >= 11 is 5.82. The van der Waals surface area contributed by atoms with Crippen molar-refractivity contribution in [3.05, 3.63) is 64.7 Å². The fraction of sp³-hybridized carbons (Fsp3) is 0.278. The molecule has 0 spiro atoms. The number of sulfone groups is 1. The fourth-order valence-corrected chi connectivity index (χ4v) is 4.33. The molecule has 3 rings (SSSR count). The van der Waals surface area contributed by atoms with Gasteiger partial charge < -0.3 is 10.2 Å². The van der Waals surface area contributed by atoms with Crippen molar-refractivity contribution in [2.24, 2.45) is 0 Å². The SMILES string of the molecule is O=C(Nc1ccc(C[NH+]2CCS(=O)(=O)CC2)cc1)c1ccc(Cl)cc1. The van der Waals surface area contributed by atoms with E-state index in [1.807, 2.05) is 24.3 Å². The zero-order valence-electron chi connectivity index (χ0n) is 13.7. The van der Waals surface area contributed by atoms with E-state index in [9.17, 15) is 13.2 Å². The molecule has 0 aromatic heterocycles. The van der Waals surface area contributed by atoms with Crippen LogP contribution in [0.4, 0.5) is 5.69 Å². The highest BCUT2D eigenvalue weighted by atomic mass is 35.5. The van der Waals surface area contributed by atoms with Gasteiger partial charge in [-0.05, 0) is 36.4 Å². The molecule has 7 heteroatoms. The number of amides is 1. The Kier molecular flexibility index (Phi) is 5.42. The van der Waals surface area contributed by atoms with Crippen LogP contribution in [0.2, 0.25) is 5.02 Å². The zero-order chi connectivity index (χ0) is 17.9. The Morgan fingerprint density at radius 2 is 1.60 bits per heavy atom. The molecule has 25 heavy (non-hydrogen) atoms. The van der Waals surface area contributed by atoms with Gasteiger partial charge in [-0.15, -0.1) is 0 Å². The lowest BCUT2D eigenvalue weighted by Gasteiger charge is -2.23. The molecule has 1 heterocycles. The molecular weight excluding hydrogens is 360 g/mol. The summed E-state index contributed by atoms with van der Waals surface area (Å²) in [5, 5.41) is 3.44. The topological polar surface area (TPSA) is 67.7 Å². The van der Waals surface area contributed by atoms with Crippen LogP contribution in [0, 0.1) is 0 Å². The summed E-state index contributed by atoms with van der Waals surface area (Å²) in [7, 11) is -2.83. The minimum Gasteiger partial charge on any atom is -0.329 e. The first-order valence-electron chi connectivity index (χ1n) is 8.11. The van der Waals surface area contributed by atoms with Gasteiger partial charge in [0.1, 0.15) is 6.54 Å². The number of hydrogen-bond acceptors (Lipinski definition) is 3. The molecule has 2 N–H and O–H groups in total. The lowest BCUT2D eigenvalue weighted by atomic mass is 10.1. The highest BCUT2D eigenvalue weighted by molar-refractivity contribution is 7.91. The number of hydrogen-bond donors (Lipinski definition) is 2. The van der Waals surface area contributed by atoms with Crippen LogP contribution in [0.3, 0.4) is 0 Å². The van der Waals surface area contributed by atoms with Crippen LogP contribution in [0.15, 0.2) is 48.5 Å². The maximum atomic E-state index is 12.2. The number of anilines is 1. The molecule has 0 bridgehead atoms. The Hall–Kier alpha value is -1.89. The molecule has 1 amide bonds. The number of quaternary nitrogens is 1. The Morgan fingerprint density at radius 1 is 1.00 bits per heavy atom. The molecule has 1 saturated heterocycles. The normalized spacial score (nSPS) is 17.2. The maximum Gasteiger partial charge on any atom is 0.255 e. The summed E-state index contributed by atoms with van der Waals surface area (Å²) < 4.78 is 22.9. The molecule has 2 aromatic carbocycles. The minimum absolute atomic E-state index is 0.184. The van der Waals surface area contributed by atoms with E-state index >= 15 is 0 Å². The van der Waals surface area contributed by atoms with Gasteiger partial charge in [0, 0.05) is 21.8 Å². The van der Waals surface area contributed by atoms with Crippen molar-refractivity contribution >= 4 is 33.0 Å². The summed E-state index contributed by atoms with van der Waals surface area (Å²) in [6, 6.07) is 14.4. The van der Waals surface area contributed by atoms with Crippen LogP contribution in [0.5, 0.6) is 0 Å². The van der Waals surface area contributed by atoms with E-state index in [0.29, 0.717) is 23.7 Å². The van der Waals surface area contributed by atoms with E-state index < -0.39 is 9.84 Å². The quantitative estimate of drug-likeness (QED) is 0.844. The summed E-state index contributed by atoms with van der Waals surface area (Å²) in [5.74, 6) is 0.339. The second kappa shape index (κ2) is 7.56. The minimum atomic E-state index is -2.83. The molecule has 1 aliphatic heterocycles. The Morgan fingerprint density at radius 3 is 2.20 bits per heavy atom. The number of halogens is 1. The Bertz CT molecular complexity index is 835. The van der Waals surface area contributed by atoms with Crippen LogP contribution in [-0.2, 0) is 16.4 Å². The highest BCUT2D eigenvalue weighted by Crippen LogP contribution is 2.13. The van der Waals surface area contributed by atoms with Crippen molar-refractivity contribution in [2.45, 2.75) is 6.54 Å². The molecule has 0 aliphatic carbocycles. The van der Waals surface area contributed by atoms with Gasteiger partial charge in [-0.1, -0.05) is 23.7 Å². The number of carbonyl (C=O) groups excluding carboxylic acids is 1. The van der Waals surface area contributed by atoms with Gasteiger partial charge >= 0.3 is 0 Å². The molecular formula is C18H20ClN2O3S+. The molecule has 0 unspecified atom stereocenters. The van der Waals surface area contributed by atoms with E-state index in [-0.39, 0.29) is 17.4 Å². The summed E-state index contributed by atoms with van der Waals surface area (Å²) in [6.07, 6.45) is 0. The molecule has 132 valence electrons. The predicted octanol–water partition coefficient (Wildman–Crippen LogP) is 1.41. The van der Waals surface area contributed by atoms with E-state index in [0.717, 1.165) is 17.8 Å². The van der Waals surface area contributed by atoms with Crippen LogP contribution in [0.1, 0.15) is 15.9 Å². The smallest absolute Gasteiger partial charge is 0.255 e. The number of nitrogens with one attached hydrogen (secondary N) is 2. The standard InChI is InChI=1S/C18H19ClN2O3S/c19-16-5-3-15(4-6-16)18(22)20-17-7-1-14(2-8-17)13-21-9-11-25(23,24)12-10-21/h1-8H,9-13H2,(H,20,22)/p+1. The lowest BCUT2D eigenvalue weighted by Crippen LogP contribution is -3.13. The number of carbonyl (C=O) groups is 1. The summed E-state index contributed by atoms with van der Waals surface area (Å²) in [5.41, 5.74) is 2.39. The van der Waals surface area contributed by atoms with Crippen molar-refractivity contribution in [3.8, 4) is 0 Å². The van der Waals surface area contributed by atoms with Gasteiger partial charge in [-0.3, -0.25) is 4.79 Å². The Balaban J connectivity index is 1.57. The third-order valence-electron chi connectivity index (χ3n) is 4.31. The van der Waals surface area contributed by atoms with E-state index in [1.165, 1.54) is 4.90 Å². The summed E-state index contributed by atoms with van der Waals surface area (Å²) in [4.78, 5) is 13.4. The van der Waals surface area contributed by atoms with E-state index in [2.05, 4.69) is 5.32 Å². The Labute approximate surface area is 152 Å². The average Bonchev–Trinajstić information content (AvgIpc) is 2.59. The second-order valence-electron chi connectivity index (χ2n) is 6.24. The molecule has 2 aromatic rings. The van der Waals surface area contributed by atoms with Gasteiger partial charge in [0.2, 0.25) is 0 Å². The van der Waals surface area contributed by atoms with Crippen molar-refractivity contribution in [1.29, 1.82) is 0 Å². The van der Waals surface area contributed by atoms with Crippen LogP contribution in [-0.4, -0.2) is 38.9 Å². The van der Waals surface area contributed by atoms with Crippen molar-refractivity contribution < 1.29 is 18.1 Å². The second-order valence-corrected chi connectivity index (χ2v) is 8.98. The van der Waals surface area contributed by atoms with Gasteiger partial charge in [0.15, 0.2) is 9.84 Å².